The van der Waals surface area contributed by atoms with Crippen LogP contribution in [-0.2, 0) is 0 Å². The third-order valence-electron chi connectivity index (χ3n) is 3.10. The maximum atomic E-state index is 9.72. The van der Waals surface area contributed by atoms with Gasteiger partial charge in [0, 0.05) is 5.39 Å². The molecule has 0 fully saturated rings. The zero-order valence-corrected chi connectivity index (χ0v) is 8.81. The van der Waals surface area contributed by atoms with Gasteiger partial charge >= 0.3 is 0 Å². The lowest BCUT2D eigenvalue weighted by Gasteiger charge is -2.06. The Labute approximate surface area is 95.8 Å². The van der Waals surface area contributed by atoms with Crippen LogP contribution in [0.2, 0.25) is 0 Å². The zero-order chi connectivity index (χ0) is 11.4. The molecule has 3 heteroatoms. The Morgan fingerprint density at radius 2 is 1.47 bits per heavy atom. The Morgan fingerprint density at radius 1 is 0.765 bits per heavy atom. The molecule has 0 spiro atoms. The van der Waals surface area contributed by atoms with Gasteiger partial charge in [0.05, 0.1) is 0 Å². The van der Waals surface area contributed by atoms with Crippen LogP contribution in [0.4, 0.5) is 0 Å². The molecule has 3 aromatic carbocycles. The number of phenolic OH excluding ortho intramolecular Hbond substituents is 1. The maximum Gasteiger partial charge on any atom is 0.267 e. The van der Waals surface area contributed by atoms with E-state index in [4.69, 9.17) is 9.15 Å². The molecule has 17 heavy (non-hydrogen) atoms. The van der Waals surface area contributed by atoms with Crippen LogP contribution < -0.4 is 0 Å². The van der Waals surface area contributed by atoms with E-state index < -0.39 is 0 Å². The highest BCUT2D eigenvalue weighted by Crippen LogP contribution is 2.37. The Morgan fingerprint density at radius 3 is 2.18 bits per heavy atom. The molecule has 0 amide bonds. The predicted molar refractivity (Wildman–Crippen MR) is 65.2 cm³/mol. The van der Waals surface area contributed by atoms with E-state index in [1.54, 1.807) is 6.07 Å². The summed E-state index contributed by atoms with van der Waals surface area (Å²) in [6.45, 7) is 0. The zero-order valence-electron chi connectivity index (χ0n) is 8.81. The fourth-order valence-electron chi connectivity index (χ4n) is 2.24. The van der Waals surface area contributed by atoms with E-state index in [0.29, 0.717) is 11.2 Å². The summed E-state index contributed by atoms with van der Waals surface area (Å²) < 4.78 is 9.74. The summed E-state index contributed by atoms with van der Waals surface area (Å²) in [5, 5.41) is 13.9. The van der Waals surface area contributed by atoms with Gasteiger partial charge in [-0.15, -0.1) is 0 Å². The summed E-state index contributed by atoms with van der Waals surface area (Å²) in [6.07, 6.45) is 0. The van der Waals surface area contributed by atoms with Crippen molar-refractivity contribution in [2.45, 2.75) is 0 Å². The minimum atomic E-state index is 0.119. The van der Waals surface area contributed by atoms with Crippen LogP contribution in [0.5, 0.6) is 5.75 Å². The molecule has 4 aromatic rings. The first-order chi connectivity index (χ1) is 8.33. The van der Waals surface area contributed by atoms with Crippen molar-refractivity contribution in [2.24, 2.45) is 0 Å². The molecule has 1 aromatic heterocycles. The summed E-state index contributed by atoms with van der Waals surface area (Å²) in [6, 6.07) is 13.9. The fraction of sp³-hybridized carbons (Fsp3) is 0. The Bertz CT molecular complexity index is 852. The van der Waals surface area contributed by atoms with Crippen molar-refractivity contribution in [2.75, 3.05) is 0 Å². The molecule has 4 rings (SSSR count). The number of fused-ring (bicyclic) bond motifs is 4. The minimum Gasteiger partial charge on any atom is -0.504 e. The Kier molecular flexibility index (Phi) is 1.45. The van der Waals surface area contributed by atoms with Crippen LogP contribution in [0.25, 0.3) is 32.7 Å². The van der Waals surface area contributed by atoms with Gasteiger partial charge in [0.2, 0.25) is 5.58 Å². The monoisotopic (exact) mass is 224 g/mol. The molecule has 0 saturated heterocycles. The van der Waals surface area contributed by atoms with Gasteiger partial charge in [0.15, 0.2) is 5.75 Å². The summed E-state index contributed by atoms with van der Waals surface area (Å²) >= 11 is 0. The molecule has 1 heterocycles. The molecule has 0 aliphatic carbocycles. The molecular weight excluding hydrogens is 216 g/mol. The van der Waals surface area contributed by atoms with E-state index >= 15 is 0 Å². The highest BCUT2D eigenvalue weighted by molar-refractivity contribution is 6.10. The van der Waals surface area contributed by atoms with Crippen LogP contribution in [0, 0.1) is 0 Å². The molecule has 0 aliphatic rings. The molecule has 0 aliphatic heterocycles. The molecule has 82 valence electrons. The number of benzene rings is 3. The lowest BCUT2D eigenvalue weighted by Crippen LogP contribution is -1.82. The van der Waals surface area contributed by atoms with Gasteiger partial charge in [-0.05, 0) is 34.4 Å². The topological polar surface area (TPSA) is 46.5 Å². The van der Waals surface area contributed by atoms with Crippen LogP contribution in [-0.4, -0.2) is 5.11 Å². The Hall–Kier alpha value is -2.42. The molecule has 0 bridgehead atoms. The third-order valence-corrected chi connectivity index (χ3v) is 3.10. The van der Waals surface area contributed by atoms with Gasteiger partial charge in [-0.25, -0.2) is 0 Å². The van der Waals surface area contributed by atoms with Gasteiger partial charge in [0.1, 0.15) is 0 Å². The van der Waals surface area contributed by atoms with Gasteiger partial charge < -0.3 is 5.11 Å². The largest absolute Gasteiger partial charge is 0.504 e. The number of aromatic hydroxyl groups is 1. The summed E-state index contributed by atoms with van der Waals surface area (Å²) in [4.78, 5) is 0. The van der Waals surface area contributed by atoms with E-state index in [0.717, 1.165) is 21.5 Å². The number of phenols is 1. The van der Waals surface area contributed by atoms with Crippen LogP contribution in [0.3, 0.4) is 0 Å². The van der Waals surface area contributed by atoms with Crippen molar-refractivity contribution in [3.05, 3.63) is 42.5 Å². The van der Waals surface area contributed by atoms with Gasteiger partial charge in [-0.2, -0.15) is 0 Å². The lowest BCUT2D eigenvalue weighted by atomic mass is 10.0. The van der Waals surface area contributed by atoms with E-state index in [-0.39, 0.29) is 5.75 Å². The summed E-state index contributed by atoms with van der Waals surface area (Å²) in [5.41, 5.74) is 1.04. The maximum absolute atomic E-state index is 9.72. The molecule has 0 unspecified atom stereocenters. The van der Waals surface area contributed by atoms with Crippen molar-refractivity contribution in [1.29, 1.82) is 0 Å². The van der Waals surface area contributed by atoms with Crippen LogP contribution >= 0.6 is 0 Å². The average molecular weight is 224 g/mol. The second-order valence-electron chi connectivity index (χ2n) is 4.14. The first kappa shape index (κ1) is 8.70. The fourth-order valence-corrected chi connectivity index (χ4v) is 2.24. The second kappa shape index (κ2) is 2.83. The molecule has 1 N–H and O–H groups in total. The van der Waals surface area contributed by atoms with E-state index in [1.807, 2.05) is 36.4 Å². The normalized spacial score (nSPS) is 11.8. The first-order valence-corrected chi connectivity index (χ1v) is 5.36. The molecular formula is C14H8O3. The van der Waals surface area contributed by atoms with E-state index in [2.05, 4.69) is 0 Å². The van der Waals surface area contributed by atoms with Gasteiger partial charge in [-0.1, -0.05) is 24.3 Å². The van der Waals surface area contributed by atoms with Gasteiger partial charge in [-0.3, -0.25) is 9.15 Å². The highest BCUT2D eigenvalue weighted by Gasteiger charge is 2.15. The highest BCUT2D eigenvalue weighted by atomic mass is 17.0. The van der Waals surface area contributed by atoms with Crippen molar-refractivity contribution < 1.29 is 14.3 Å². The van der Waals surface area contributed by atoms with Crippen molar-refractivity contribution in [3.63, 3.8) is 0 Å². The van der Waals surface area contributed by atoms with E-state index in [9.17, 15) is 5.11 Å². The third kappa shape index (κ3) is 1.05. The number of hydrogen-bond donors (Lipinski definition) is 1. The van der Waals surface area contributed by atoms with Crippen molar-refractivity contribution >= 4 is 32.7 Å². The second-order valence-corrected chi connectivity index (χ2v) is 4.14. The molecule has 0 radical (unpaired) electrons. The quantitative estimate of drug-likeness (QED) is 0.362. The van der Waals surface area contributed by atoms with Crippen LogP contribution in [0.1, 0.15) is 0 Å². The number of rotatable bonds is 0. The smallest absolute Gasteiger partial charge is 0.267 e. The summed E-state index contributed by atoms with van der Waals surface area (Å²) in [7, 11) is 0. The molecule has 0 saturated carbocycles. The van der Waals surface area contributed by atoms with Crippen molar-refractivity contribution in [1.82, 2.24) is 0 Å². The SMILES string of the molecule is Oc1cc2cc3ccccc3cc2c2ooc12. The Balaban J connectivity index is 2.27. The lowest BCUT2D eigenvalue weighted by molar-refractivity contribution is 0.0580. The minimum absolute atomic E-state index is 0.119. The molecule has 3 nitrogen and oxygen atoms in total. The summed E-state index contributed by atoms with van der Waals surface area (Å²) in [5.74, 6) is 0.119. The standard InChI is InChI=1S/C14H8O3/c15-12-7-10-5-8-3-1-2-4-9(8)6-11(10)13-14(12)17-16-13/h1-7,15H. The average Bonchev–Trinajstić information content (AvgIpc) is 2.27. The van der Waals surface area contributed by atoms with Crippen molar-refractivity contribution in [3.8, 4) is 5.75 Å². The first-order valence-electron chi connectivity index (χ1n) is 5.36. The van der Waals surface area contributed by atoms with Crippen LogP contribution in [0.15, 0.2) is 51.6 Å². The van der Waals surface area contributed by atoms with E-state index in [1.165, 1.54) is 0 Å². The number of hydrogen-bond acceptors (Lipinski definition) is 3. The van der Waals surface area contributed by atoms with Gasteiger partial charge in [0.25, 0.3) is 5.58 Å². The predicted octanol–water partition coefficient (Wildman–Crippen LogP) is 4.04. The molecule has 0 atom stereocenters.